The smallest absolute Gasteiger partial charge is 0.387 e. The number of furan rings is 1. The van der Waals surface area contributed by atoms with Crippen LogP contribution < -0.4 is 4.74 Å². The molecular weight excluding hydrogens is 446 g/mol. The van der Waals surface area contributed by atoms with E-state index in [4.69, 9.17) is 4.42 Å². The summed E-state index contributed by atoms with van der Waals surface area (Å²) in [4.78, 5) is 12.5. The lowest BCUT2D eigenvalue weighted by molar-refractivity contribution is -0.0493. The lowest BCUT2D eigenvalue weighted by Crippen LogP contribution is -2.02. The van der Waals surface area contributed by atoms with E-state index in [2.05, 4.69) is 20.7 Å². The Labute approximate surface area is 172 Å². The molecule has 0 aliphatic heterocycles. The number of carbonyl (C=O) groups is 1. The zero-order valence-electron chi connectivity index (χ0n) is 14.7. The fourth-order valence-corrected chi connectivity index (χ4v) is 3.48. The molecule has 0 saturated heterocycles. The van der Waals surface area contributed by atoms with Crippen LogP contribution in [-0.2, 0) is 0 Å². The number of hydrogen-bond donors (Lipinski definition) is 1. The summed E-state index contributed by atoms with van der Waals surface area (Å²) in [6, 6.07) is 14.6. The van der Waals surface area contributed by atoms with Crippen molar-refractivity contribution < 1.29 is 27.8 Å². The fraction of sp³-hybridized carbons (Fsp3) is 0.0455. The number of phenols is 1. The summed E-state index contributed by atoms with van der Waals surface area (Å²) in [5, 5.41) is 11.2. The number of hydrogen-bond acceptors (Lipinski definition) is 4. The predicted octanol–water partition coefficient (Wildman–Crippen LogP) is 6.55. The highest BCUT2D eigenvalue weighted by Gasteiger charge is 2.17. The summed E-state index contributed by atoms with van der Waals surface area (Å²) in [5.41, 5.74) is 1.42. The molecule has 4 aromatic rings. The third-order valence-electron chi connectivity index (χ3n) is 4.38. The third-order valence-corrected chi connectivity index (χ3v) is 4.87. The molecule has 29 heavy (non-hydrogen) atoms. The minimum atomic E-state index is -2.99. The predicted molar refractivity (Wildman–Crippen MR) is 110 cm³/mol. The topological polar surface area (TPSA) is 59.7 Å². The number of rotatable bonds is 5. The van der Waals surface area contributed by atoms with Crippen LogP contribution in [0.15, 0.2) is 69.6 Å². The average molecular weight is 459 g/mol. The van der Waals surface area contributed by atoms with Crippen LogP contribution in [0.1, 0.15) is 15.9 Å². The molecule has 0 amide bonds. The minimum absolute atomic E-state index is 0.0840. The number of fused-ring (bicyclic) bond motifs is 3. The van der Waals surface area contributed by atoms with Gasteiger partial charge in [-0.1, -0.05) is 46.3 Å². The van der Waals surface area contributed by atoms with E-state index < -0.39 is 12.4 Å². The van der Waals surface area contributed by atoms with E-state index in [1.54, 1.807) is 42.5 Å². The Hall–Kier alpha value is -3.19. The number of ketones is 1. The molecule has 0 aliphatic carbocycles. The first kappa shape index (κ1) is 19.1. The van der Waals surface area contributed by atoms with Gasteiger partial charge in [0.1, 0.15) is 11.3 Å². The molecule has 4 nitrogen and oxygen atoms in total. The fourth-order valence-electron chi connectivity index (χ4n) is 3.12. The maximum absolute atomic E-state index is 12.8. The van der Waals surface area contributed by atoms with Crippen LogP contribution in [0.25, 0.3) is 28.0 Å². The van der Waals surface area contributed by atoms with Gasteiger partial charge in [0, 0.05) is 15.2 Å². The molecule has 146 valence electrons. The summed E-state index contributed by atoms with van der Waals surface area (Å²) >= 11 is 3.27. The first-order valence-electron chi connectivity index (χ1n) is 8.54. The van der Waals surface area contributed by atoms with Gasteiger partial charge in [-0.25, -0.2) is 0 Å². The van der Waals surface area contributed by atoms with Gasteiger partial charge < -0.3 is 14.3 Å². The van der Waals surface area contributed by atoms with E-state index in [1.165, 1.54) is 24.3 Å². The lowest BCUT2D eigenvalue weighted by atomic mass is 10.0. The summed E-state index contributed by atoms with van der Waals surface area (Å²) in [7, 11) is 0. The maximum atomic E-state index is 12.8. The number of allylic oxidation sites excluding steroid dienone is 1. The molecule has 0 saturated carbocycles. The van der Waals surface area contributed by atoms with Crippen LogP contribution >= 0.6 is 15.9 Å². The number of benzene rings is 3. The Morgan fingerprint density at radius 1 is 1.14 bits per heavy atom. The van der Waals surface area contributed by atoms with Crippen LogP contribution in [0.5, 0.6) is 11.5 Å². The van der Waals surface area contributed by atoms with Crippen molar-refractivity contribution in [1.29, 1.82) is 0 Å². The molecule has 0 atom stereocenters. The number of carbonyl (C=O) groups excluding carboxylic acids is 1. The van der Waals surface area contributed by atoms with Crippen molar-refractivity contribution in [3.05, 3.63) is 76.3 Å². The Morgan fingerprint density at radius 3 is 2.72 bits per heavy atom. The van der Waals surface area contributed by atoms with E-state index in [1.807, 2.05) is 0 Å². The number of aromatic hydroxyl groups is 1. The largest absolute Gasteiger partial charge is 0.507 e. The summed E-state index contributed by atoms with van der Waals surface area (Å²) in [6.07, 6.45) is 2.87. The highest BCUT2D eigenvalue weighted by Crippen LogP contribution is 2.38. The lowest BCUT2D eigenvalue weighted by Gasteiger charge is -2.06. The normalized spacial score (nSPS) is 11.7. The number of ether oxygens (including phenoxy) is 1. The van der Waals surface area contributed by atoms with Crippen LogP contribution in [-0.4, -0.2) is 17.5 Å². The summed E-state index contributed by atoms with van der Waals surface area (Å²) < 4.78 is 36.5. The number of halogens is 3. The summed E-state index contributed by atoms with van der Waals surface area (Å²) in [6.45, 7) is -2.99. The first-order valence-corrected chi connectivity index (χ1v) is 9.33. The van der Waals surface area contributed by atoms with Gasteiger partial charge in [0.25, 0.3) is 0 Å². The third kappa shape index (κ3) is 3.73. The van der Waals surface area contributed by atoms with E-state index in [0.717, 1.165) is 0 Å². The van der Waals surface area contributed by atoms with Gasteiger partial charge in [0.15, 0.2) is 17.1 Å². The van der Waals surface area contributed by atoms with Gasteiger partial charge in [0.05, 0.1) is 5.56 Å². The second-order valence-electron chi connectivity index (χ2n) is 6.19. The molecule has 0 fully saturated rings. The molecule has 1 aromatic heterocycles. The van der Waals surface area contributed by atoms with Gasteiger partial charge in [-0.15, -0.1) is 0 Å². The van der Waals surface area contributed by atoms with E-state index in [0.29, 0.717) is 26.4 Å². The number of phenolic OH excluding ortho intramolecular Hbond substituents is 1. The Morgan fingerprint density at radius 2 is 1.93 bits per heavy atom. The molecule has 0 unspecified atom stereocenters. The molecule has 0 spiro atoms. The van der Waals surface area contributed by atoms with Crippen molar-refractivity contribution in [2.45, 2.75) is 6.61 Å². The Balaban J connectivity index is 1.82. The van der Waals surface area contributed by atoms with Crippen molar-refractivity contribution in [3.63, 3.8) is 0 Å². The van der Waals surface area contributed by atoms with E-state index in [9.17, 15) is 18.7 Å². The Bertz CT molecular complexity index is 1260. The second kappa shape index (κ2) is 7.67. The number of alkyl halides is 2. The Kier molecular flexibility index (Phi) is 5.07. The molecule has 3 aromatic carbocycles. The minimum Gasteiger partial charge on any atom is -0.507 e. The van der Waals surface area contributed by atoms with Gasteiger partial charge in [-0.05, 0) is 42.0 Å². The molecular formula is C22H13BrF2O4. The van der Waals surface area contributed by atoms with Crippen LogP contribution in [0.3, 0.4) is 0 Å². The molecule has 4 rings (SSSR count). The van der Waals surface area contributed by atoms with Gasteiger partial charge in [-0.2, -0.15) is 8.78 Å². The molecule has 0 bridgehead atoms. The quantitative estimate of drug-likeness (QED) is 0.272. The van der Waals surface area contributed by atoms with Crippen LogP contribution in [0.4, 0.5) is 8.78 Å². The van der Waals surface area contributed by atoms with Gasteiger partial charge in [-0.3, -0.25) is 4.79 Å². The van der Waals surface area contributed by atoms with E-state index in [-0.39, 0.29) is 22.6 Å². The zero-order valence-corrected chi connectivity index (χ0v) is 16.3. The van der Waals surface area contributed by atoms with Crippen molar-refractivity contribution >= 4 is 49.7 Å². The molecule has 0 radical (unpaired) electrons. The monoisotopic (exact) mass is 458 g/mol. The first-order chi connectivity index (χ1) is 13.9. The van der Waals surface area contributed by atoms with Gasteiger partial charge >= 0.3 is 6.61 Å². The zero-order chi connectivity index (χ0) is 20.5. The van der Waals surface area contributed by atoms with Crippen molar-refractivity contribution in [2.24, 2.45) is 0 Å². The van der Waals surface area contributed by atoms with Crippen LogP contribution in [0.2, 0.25) is 0 Å². The molecule has 1 N–H and O–H groups in total. The average Bonchev–Trinajstić information content (AvgIpc) is 3.09. The standard InChI is InChI=1S/C22H13BrF2O4/c23-13-7-9-17(27)15(11-13)16(26)8-5-12-6-10-19(29-22(24)25)21-20(12)14-3-1-2-4-18(14)28-21/h1-11,22,27H/b8-5+. The molecule has 7 heteroatoms. The van der Waals surface area contributed by atoms with Gasteiger partial charge in [0.2, 0.25) is 0 Å². The second-order valence-corrected chi connectivity index (χ2v) is 7.11. The van der Waals surface area contributed by atoms with Crippen molar-refractivity contribution in [2.75, 3.05) is 0 Å². The van der Waals surface area contributed by atoms with Crippen molar-refractivity contribution in [3.8, 4) is 11.5 Å². The molecule has 0 aliphatic rings. The molecule has 1 heterocycles. The highest BCUT2D eigenvalue weighted by molar-refractivity contribution is 9.10. The SMILES string of the molecule is O=C(/C=C/c1ccc(OC(F)F)c2oc3ccccc3c12)c1cc(Br)ccc1O. The van der Waals surface area contributed by atoms with E-state index >= 15 is 0 Å². The van der Waals surface area contributed by atoms with Crippen LogP contribution in [0, 0.1) is 0 Å². The van der Waals surface area contributed by atoms with Crippen molar-refractivity contribution in [1.82, 2.24) is 0 Å². The number of para-hydroxylation sites is 1. The maximum Gasteiger partial charge on any atom is 0.387 e. The summed E-state index contributed by atoms with van der Waals surface area (Å²) in [5.74, 6) is -0.626. The highest BCUT2D eigenvalue weighted by atomic mass is 79.9.